The van der Waals surface area contributed by atoms with Crippen molar-refractivity contribution >= 4 is 43.4 Å². The second-order valence-corrected chi connectivity index (χ2v) is 14.8. The first kappa shape index (κ1) is 27.9. The standard InChI is InChI=1S/C18H22BrN3O.C10H16O4S/c1-11-16(20)22-18(21-11)15-9-13(19)4-3-12(15)10-17(18)7-5-14(23-2)6-8-17;1-9(2)7-3-4-10(9,8(11)5-7)6-15(12,13)14/h3-4,9,14H,5-8,10H2,1-2H3,(H2,20,22);7H,3-6H2,1-2H3,(H,12,13,14)/t;7?,10-/m.1/s1. The monoisotopic (exact) mass is 607 g/mol. The molecule has 1 aliphatic heterocycles. The summed E-state index contributed by atoms with van der Waals surface area (Å²) in [5, 5.41) is 0. The highest BCUT2D eigenvalue weighted by molar-refractivity contribution is 9.10. The predicted molar refractivity (Wildman–Crippen MR) is 151 cm³/mol. The molecule has 2 spiro atoms. The van der Waals surface area contributed by atoms with Gasteiger partial charge in [0, 0.05) is 29.0 Å². The van der Waals surface area contributed by atoms with Crippen molar-refractivity contribution in [2.24, 2.45) is 37.9 Å². The number of fused-ring (bicyclic) bond motifs is 5. The minimum Gasteiger partial charge on any atom is -0.382 e. The fourth-order valence-corrected chi connectivity index (χ4v) is 9.72. The van der Waals surface area contributed by atoms with Crippen LogP contribution in [0.25, 0.3) is 0 Å². The topological polar surface area (TPSA) is 131 Å². The number of nitrogens with zero attached hydrogens (tertiary/aromatic N) is 2. The van der Waals surface area contributed by atoms with Crippen molar-refractivity contribution in [3.05, 3.63) is 33.8 Å². The van der Waals surface area contributed by atoms with Gasteiger partial charge in [-0.2, -0.15) is 8.42 Å². The van der Waals surface area contributed by atoms with Gasteiger partial charge in [-0.1, -0.05) is 35.8 Å². The number of hydrogen-bond acceptors (Lipinski definition) is 7. The molecule has 3 N–H and O–H groups in total. The molecule has 2 bridgehead atoms. The van der Waals surface area contributed by atoms with Crippen molar-refractivity contribution in [2.75, 3.05) is 12.9 Å². The molecule has 5 aliphatic rings. The molecule has 1 aromatic rings. The molecule has 208 valence electrons. The van der Waals surface area contributed by atoms with E-state index in [1.165, 1.54) is 11.1 Å². The fraction of sp³-hybridized carbons (Fsp3) is 0.679. The number of rotatable bonds is 3. The molecule has 38 heavy (non-hydrogen) atoms. The van der Waals surface area contributed by atoms with Crippen LogP contribution in [-0.2, 0) is 31.7 Å². The number of ether oxygens (including phenoxy) is 1. The van der Waals surface area contributed by atoms with E-state index in [1.54, 1.807) is 0 Å². The Labute approximate surface area is 233 Å². The number of hydrogen-bond donors (Lipinski definition) is 2. The molecule has 4 aliphatic carbocycles. The van der Waals surface area contributed by atoms with Crippen LogP contribution < -0.4 is 5.73 Å². The normalized spacial score (nSPS) is 34.2. The molecular weight excluding hydrogens is 570 g/mol. The molecule has 6 rings (SSSR count). The van der Waals surface area contributed by atoms with Crippen molar-refractivity contribution in [2.45, 2.75) is 83.9 Å². The summed E-state index contributed by atoms with van der Waals surface area (Å²) in [5.41, 5.74) is 7.99. The molecule has 10 heteroatoms. The Bertz CT molecular complexity index is 1310. The van der Waals surface area contributed by atoms with E-state index in [0.717, 1.165) is 48.7 Å². The summed E-state index contributed by atoms with van der Waals surface area (Å²) >= 11 is 3.61. The van der Waals surface area contributed by atoms with Crippen LogP contribution in [0.3, 0.4) is 0 Å². The zero-order chi connectivity index (χ0) is 27.7. The molecule has 8 nitrogen and oxygen atoms in total. The third kappa shape index (κ3) is 4.12. The minimum atomic E-state index is -4.08. The molecule has 1 heterocycles. The zero-order valence-electron chi connectivity index (χ0n) is 22.6. The average Bonchev–Trinajstić information content (AvgIpc) is 3.42. The van der Waals surface area contributed by atoms with Gasteiger partial charge in [0.1, 0.15) is 11.6 Å². The van der Waals surface area contributed by atoms with E-state index >= 15 is 0 Å². The first-order chi connectivity index (χ1) is 17.7. The quantitative estimate of drug-likeness (QED) is 0.473. The van der Waals surface area contributed by atoms with E-state index in [0.29, 0.717) is 24.8 Å². The summed E-state index contributed by atoms with van der Waals surface area (Å²) in [6.07, 6.45) is 7.64. The number of halogens is 1. The van der Waals surface area contributed by atoms with E-state index in [9.17, 15) is 13.2 Å². The van der Waals surface area contributed by atoms with Crippen LogP contribution in [0.5, 0.6) is 0 Å². The van der Waals surface area contributed by atoms with Crippen LogP contribution in [0.15, 0.2) is 32.7 Å². The molecule has 1 aromatic carbocycles. The lowest BCUT2D eigenvalue weighted by atomic mass is 9.65. The number of methoxy groups -OCH3 is 1. The maximum absolute atomic E-state index is 11.9. The van der Waals surface area contributed by atoms with Gasteiger partial charge < -0.3 is 10.5 Å². The predicted octanol–water partition coefficient (Wildman–Crippen LogP) is 4.83. The number of Topliss-reactive ketones (excluding diaryl/α,β-unsaturated/α-hetero) is 1. The van der Waals surface area contributed by atoms with Crippen LogP contribution in [0, 0.1) is 22.2 Å². The van der Waals surface area contributed by atoms with Gasteiger partial charge in [0.15, 0.2) is 5.66 Å². The lowest BCUT2D eigenvalue weighted by Crippen LogP contribution is -2.43. The lowest BCUT2D eigenvalue weighted by Gasteiger charge is -2.44. The van der Waals surface area contributed by atoms with Crippen molar-refractivity contribution in [3.8, 4) is 0 Å². The van der Waals surface area contributed by atoms with Gasteiger partial charge in [0.05, 0.1) is 23.0 Å². The number of ketones is 1. The second-order valence-electron chi connectivity index (χ2n) is 12.5. The van der Waals surface area contributed by atoms with Gasteiger partial charge in [-0.15, -0.1) is 0 Å². The van der Waals surface area contributed by atoms with Gasteiger partial charge in [-0.25, -0.2) is 4.99 Å². The maximum atomic E-state index is 11.9. The third-order valence-corrected chi connectivity index (χ3v) is 11.8. The van der Waals surface area contributed by atoms with Crippen molar-refractivity contribution in [1.82, 2.24) is 0 Å². The Morgan fingerprint density at radius 1 is 1.16 bits per heavy atom. The van der Waals surface area contributed by atoms with Crippen LogP contribution in [-0.4, -0.2) is 49.3 Å². The van der Waals surface area contributed by atoms with E-state index in [1.807, 2.05) is 27.9 Å². The molecule has 0 amide bonds. The smallest absolute Gasteiger partial charge is 0.265 e. The number of amidine groups is 1. The van der Waals surface area contributed by atoms with Crippen LogP contribution in [0.2, 0.25) is 0 Å². The second kappa shape index (κ2) is 9.21. The lowest BCUT2D eigenvalue weighted by molar-refractivity contribution is -0.128. The Hall–Kier alpha value is -1.62. The van der Waals surface area contributed by atoms with Gasteiger partial charge in [0.2, 0.25) is 0 Å². The number of carbonyl (C=O) groups excluding carboxylic acids is 1. The minimum absolute atomic E-state index is 0.0152. The Kier molecular flexibility index (Phi) is 6.77. The fourth-order valence-electron chi connectivity index (χ4n) is 8.06. The molecule has 3 saturated carbocycles. The van der Waals surface area contributed by atoms with Crippen LogP contribution in [0.1, 0.15) is 76.8 Å². The summed E-state index contributed by atoms with van der Waals surface area (Å²) in [4.78, 5) is 21.9. The van der Waals surface area contributed by atoms with Gasteiger partial charge >= 0.3 is 0 Å². The first-order valence-corrected chi connectivity index (χ1v) is 15.8. The number of carbonyl (C=O) groups is 1. The largest absolute Gasteiger partial charge is 0.382 e. The molecular formula is C28H38BrN3O5S. The summed E-state index contributed by atoms with van der Waals surface area (Å²) in [6.45, 7) is 5.86. The summed E-state index contributed by atoms with van der Waals surface area (Å²) < 4.78 is 37.6. The summed E-state index contributed by atoms with van der Waals surface area (Å²) in [7, 11) is -2.26. The summed E-state index contributed by atoms with van der Waals surface area (Å²) in [6, 6.07) is 6.52. The van der Waals surface area contributed by atoms with Crippen molar-refractivity contribution in [1.29, 1.82) is 0 Å². The van der Waals surface area contributed by atoms with Gasteiger partial charge in [0.25, 0.3) is 10.1 Å². The van der Waals surface area contributed by atoms with Crippen LogP contribution in [0.4, 0.5) is 0 Å². The zero-order valence-corrected chi connectivity index (χ0v) is 25.0. The first-order valence-electron chi connectivity index (χ1n) is 13.4. The molecule has 3 atom stereocenters. The highest BCUT2D eigenvalue weighted by Crippen LogP contribution is 2.64. The maximum Gasteiger partial charge on any atom is 0.265 e. The molecule has 0 radical (unpaired) electrons. The van der Waals surface area contributed by atoms with Crippen molar-refractivity contribution < 1.29 is 22.5 Å². The third-order valence-electron chi connectivity index (χ3n) is 10.5. The highest BCUT2D eigenvalue weighted by Gasteiger charge is 2.65. The molecule has 3 fully saturated rings. The molecule has 0 saturated heterocycles. The van der Waals surface area contributed by atoms with Crippen molar-refractivity contribution in [3.63, 3.8) is 0 Å². The summed E-state index contributed by atoms with van der Waals surface area (Å²) in [5.74, 6) is 0.488. The van der Waals surface area contributed by atoms with E-state index < -0.39 is 26.9 Å². The Balaban J connectivity index is 0.000000170. The Morgan fingerprint density at radius 2 is 1.84 bits per heavy atom. The number of aliphatic imine (C=N–C) groups is 2. The molecule has 0 aromatic heterocycles. The number of benzene rings is 1. The van der Waals surface area contributed by atoms with E-state index in [-0.39, 0.29) is 22.5 Å². The van der Waals surface area contributed by atoms with Gasteiger partial charge in [-0.3, -0.25) is 14.3 Å². The highest BCUT2D eigenvalue weighted by atomic mass is 79.9. The average molecular weight is 609 g/mol. The Morgan fingerprint density at radius 3 is 2.34 bits per heavy atom. The van der Waals surface area contributed by atoms with Gasteiger partial charge in [-0.05, 0) is 80.9 Å². The SMILES string of the molecule is CC1(C)C2CC[C@@]1(CS(=O)(=O)O)C(=O)C2.COC1CCC2(CC1)Cc1ccc(Br)cc1C21N=C(C)C(N)=N1. The van der Waals surface area contributed by atoms with E-state index in [4.69, 9.17) is 25.0 Å². The number of nitrogens with two attached hydrogens (primary N) is 1. The van der Waals surface area contributed by atoms with E-state index in [2.05, 4.69) is 34.1 Å². The molecule has 2 unspecified atom stereocenters. The van der Waals surface area contributed by atoms with Crippen LogP contribution >= 0.6 is 15.9 Å².